The van der Waals surface area contributed by atoms with E-state index in [4.69, 9.17) is 4.74 Å². The van der Waals surface area contributed by atoms with Gasteiger partial charge in [-0.2, -0.15) is 0 Å². The van der Waals surface area contributed by atoms with Crippen LogP contribution in [0.25, 0.3) is 11.1 Å². The second-order valence-electron chi connectivity index (χ2n) is 7.30. The zero-order chi connectivity index (χ0) is 20.6. The number of aromatic hydroxyl groups is 1. The highest BCUT2D eigenvalue weighted by Crippen LogP contribution is 2.35. The predicted molar refractivity (Wildman–Crippen MR) is 128 cm³/mol. The van der Waals surface area contributed by atoms with E-state index in [9.17, 15) is 5.11 Å². The van der Waals surface area contributed by atoms with Gasteiger partial charge in [0.15, 0.2) is 0 Å². The van der Waals surface area contributed by atoms with Crippen LogP contribution in [0.4, 0.5) is 0 Å². The number of likely N-dealkylation sites (N-methyl/N-ethyl adjacent to an activating group) is 1. The molecule has 0 aliphatic heterocycles. The highest BCUT2D eigenvalue weighted by Gasteiger charge is 2.13. The van der Waals surface area contributed by atoms with Crippen molar-refractivity contribution in [1.29, 1.82) is 0 Å². The van der Waals surface area contributed by atoms with Crippen molar-refractivity contribution in [3.8, 4) is 11.5 Å². The molecule has 0 fully saturated rings. The van der Waals surface area contributed by atoms with Crippen molar-refractivity contribution in [2.45, 2.75) is 13.3 Å². The molecule has 0 amide bonds. The van der Waals surface area contributed by atoms with Crippen LogP contribution in [0.5, 0.6) is 11.5 Å². The first kappa shape index (κ1) is 23.5. The maximum atomic E-state index is 10.1. The van der Waals surface area contributed by atoms with Gasteiger partial charge in [-0.25, -0.2) is 0 Å². The second-order valence-corrected chi connectivity index (χ2v) is 7.30. The topological polar surface area (TPSA) is 32.7 Å². The smallest absolute Gasteiger partial charge is 0.119 e. The van der Waals surface area contributed by atoms with Crippen LogP contribution in [-0.4, -0.2) is 37.3 Å². The van der Waals surface area contributed by atoms with Crippen LogP contribution in [0.3, 0.4) is 0 Å². The molecule has 3 aromatic carbocycles. The lowest BCUT2D eigenvalue weighted by atomic mass is 9.88. The number of nitrogens with zero attached hydrogens (tertiary/aromatic N) is 1. The summed E-state index contributed by atoms with van der Waals surface area (Å²) in [6.07, 6.45) is 0.885. The Balaban J connectivity index is 0.00000320. The maximum absolute atomic E-state index is 10.1. The van der Waals surface area contributed by atoms with Crippen LogP contribution in [-0.2, 0) is 0 Å². The lowest BCUT2D eigenvalue weighted by molar-refractivity contribution is 0.261. The average Bonchev–Trinajstić information content (AvgIpc) is 2.73. The molecule has 0 atom stereocenters. The van der Waals surface area contributed by atoms with Crippen molar-refractivity contribution in [3.05, 3.63) is 95.6 Å². The molecule has 1 N–H and O–H groups in total. The van der Waals surface area contributed by atoms with Gasteiger partial charge in [0.25, 0.3) is 0 Å². The van der Waals surface area contributed by atoms with Gasteiger partial charge in [-0.05, 0) is 72.6 Å². The Morgan fingerprint density at radius 1 is 0.833 bits per heavy atom. The van der Waals surface area contributed by atoms with E-state index < -0.39 is 0 Å². The van der Waals surface area contributed by atoms with Crippen molar-refractivity contribution in [2.24, 2.45) is 0 Å². The van der Waals surface area contributed by atoms with Gasteiger partial charge >= 0.3 is 0 Å². The Kier molecular flexibility index (Phi) is 8.97. The third kappa shape index (κ3) is 6.12. The summed E-state index contributed by atoms with van der Waals surface area (Å²) in [6.45, 7) is 3.71. The van der Waals surface area contributed by atoms with E-state index in [1.165, 1.54) is 11.1 Å². The summed E-state index contributed by atoms with van der Waals surface area (Å²) >= 11 is 0. The molecule has 0 heterocycles. The molecule has 0 radical (unpaired) electrons. The molecule has 0 aromatic heterocycles. The zero-order valence-electron chi connectivity index (χ0n) is 17.8. The molecular weight excluding hydrogens is 394 g/mol. The molecule has 30 heavy (non-hydrogen) atoms. The van der Waals surface area contributed by atoms with Crippen LogP contribution in [0.2, 0.25) is 0 Å². The standard InChI is InChI=1S/C26H29NO2.ClH/c1-4-25(20-9-6-5-7-10-20)26(22-11-8-12-23(28)19-22)21-13-15-24(16-14-21)29-18-17-27(2)3;/h5-16,19,28H,4,17-18H2,1-3H3;1H/b26-25+;. The molecule has 0 aliphatic carbocycles. The zero-order valence-corrected chi connectivity index (χ0v) is 18.7. The van der Waals surface area contributed by atoms with Crippen molar-refractivity contribution in [1.82, 2.24) is 4.90 Å². The van der Waals surface area contributed by atoms with Crippen molar-refractivity contribution in [3.63, 3.8) is 0 Å². The van der Waals surface area contributed by atoms with E-state index in [0.29, 0.717) is 6.61 Å². The van der Waals surface area contributed by atoms with Gasteiger partial charge < -0.3 is 14.7 Å². The molecule has 0 saturated carbocycles. The Labute approximate surface area is 186 Å². The minimum absolute atomic E-state index is 0. The fourth-order valence-electron chi connectivity index (χ4n) is 3.41. The SMILES string of the molecule is CC/C(=C(/c1ccc(OCCN(C)C)cc1)c1cccc(O)c1)c1ccccc1.Cl. The second kappa shape index (κ2) is 11.4. The molecule has 0 saturated heterocycles. The van der Waals surface area contributed by atoms with Gasteiger partial charge in [0.05, 0.1) is 0 Å². The number of ether oxygens (including phenoxy) is 1. The summed E-state index contributed by atoms with van der Waals surface area (Å²) in [5, 5.41) is 10.1. The largest absolute Gasteiger partial charge is 0.508 e. The van der Waals surface area contributed by atoms with Gasteiger partial charge in [-0.1, -0.05) is 61.5 Å². The van der Waals surface area contributed by atoms with E-state index in [1.807, 2.05) is 44.4 Å². The Morgan fingerprint density at radius 2 is 1.50 bits per heavy atom. The lowest BCUT2D eigenvalue weighted by Gasteiger charge is -2.17. The van der Waals surface area contributed by atoms with Crippen molar-refractivity contribution >= 4 is 23.6 Å². The molecular formula is C26H30ClNO2. The van der Waals surface area contributed by atoms with Crippen molar-refractivity contribution < 1.29 is 9.84 Å². The molecule has 0 bridgehead atoms. The monoisotopic (exact) mass is 423 g/mol. The minimum atomic E-state index is 0. The lowest BCUT2D eigenvalue weighted by Crippen LogP contribution is -2.19. The molecule has 158 valence electrons. The fourth-order valence-corrected chi connectivity index (χ4v) is 3.41. The highest BCUT2D eigenvalue weighted by atomic mass is 35.5. The van der Waals surface area contributed by atoms with E-state index in [1.54, 1.807) is 6.07 Å². The van der Waals surface area contributed by atoms with Gasteiger partial charge in [-0.3, -0.25) is 0 Å². The van der Waals surface area contributed by atoms with Gasteiger partial charge in [0.1, 0.15) is 18.1 Å². The molecule has 3 rings (SSSR count). The van der Waals surface area contributed by atoms with E-state index in [2.05, 4.69) is 54.3 Å². The van der Waals surface area contributed by atoms with Crippen LogP contribution in [0.15, 0.2) is 78.9 Å². The van der Waals surface area contributed by atoms with Crippen LogP contribution in [0, 0.1) is 0 Å². The van der Waals surface area contributed by atoms with Gasteiger partial charge in [-0.15, -0.1) is 12.4 Å². The molecule has 3 aromatic rings. The number of hydrogen-bond acceptors (Lipinski definition) is 3. The molecule has 3 nitrogen and oxygen atoms in total. The third-order valence-electron chi connectivity index (χ3n) is 4.86. The van der Waals surface area contributed by atoms with E-state index in [0.717, 1.165) is 35.4 Å². The van der Waals surface area contributed by atoms with Crippen molar-refractivity contribution in [2.75, 3.05) is 27.2 Å². The van der Waals surface area contributed by atoms with E-state index in [-0.39, 0.29) is 18.2 Å². The number of benzene rings is 3. The summed E-state index contributed by atoms with van der Waals surface area (Å²) < 4.78 is 5.85. The number of phenols is 1. The van der Waals surface area contributed by atoms with Crippen LogP contribution >= 0.6 is 12.4 Å². The summed E-state index contributed by atoms with van der Waals surface area (Å²) in [4.78, 5) is 2.10. The molecule has 0 unspecified atom stereocenters. The molecule has 0 aliphatic rings. The Morgan fingerprint density at radius 3 is 2.10 bits per heavy atom. The summed E-state index contributed by atoms with van der Waals surface area (Å²) in [5.74, 6) is 1.13. The molecule has 4 heteroatoms. The van der Waals surface area contributed by atoms with Crippen LogP contribution in [0.1, 0.15) is 30.0 Å². The van der Waals surface area contributed by atoms with Crippen LogP contribution < -0.4 is 4.74 Å². The third-order valence-corrected chi connectivity index (χ3v) is 4.86. The van der Waals surface area contributed by atoms with Gasteiger partial charge in [0.2, 0.25) is 0 Å². The normalized spacial score (nSPS) is 11.6. The number of rotatable bonds is 8. The summed E-state index contributed by atoms with van der Waals surface area (Å²) in [5.41, 5.74) is 5.69. The number of allylic oxidation sites excluding steroid dienone is 1. The number of phenolic OH excluding ortho intramolecular Hbond substituents is 1. The quantitative estimate of drug-likeness (QED) is 0.443. The Hall–Kier alpha value is -2.75. The average molecular weight is 424 g/mol. The first-order valence-corrected chi connectivity index (χ1v) is 10.0. The predicted octanol–water partition coefficient (Wildman–Crippen LogP) is 6.12. The first-order chi connectivity index (χ1) is 14.1. The number of halogens is 1. The fraction of sp³-hybridized carbons (Fsp3) is 0.231. The number of hydrogen-bond donors (Lipinski definition) is 1. The maximum Gasteiger partial charge on any atom is 0.119 e. The summed E-state index contributed by atoms with van der Waals surface area (Å²) in [7, 11) is 4.07. The van der Waals surface area contributed by atoms with Gasteiger partial charge in [0, 0.05) is 6.54 Å². The summed E-state index contributed by atoms with van der Waals surface area (Å²) in [6, 6.07) is 26.2. The minimum Gasteiger partial charge on any atom is -0.508 e. The highest BCUT2D eigenvalue weighted by molar-refractivity contribution is 5.98. The Bertz CT molecular complexity index is 950. The first-order valence-electron chi connectivity index (χ1n) is 10.0. The van der Waals surface area contributed by atoms with E-state index >= 15 is 0 Å². The molecule has 0 spiro atoms.